The van der Waals surface area contributed by atoms with Crippen LogP contribution in [-0.2, 0) is 0 Å². The van der Waals surface area contributed by atoms with E-state index in [2.05, 4.69) is 0 Å². The Morgan fingerprint density at radius 1 is 0.906 bits per heavy atom. The van der Waals surface area contributed by atoms with Gasteiger partial charge in [-0.15, -0.1) is 0 Å². The van der Waals surface area contributed by atoms with Gasteiger partial charge in [-0.3, -0.25) is 4.79 Å². The second-order valence-corrected chi connectivity index (χ2v) is 7.51. The summed E-state index contributed by atoms with van der Waals surface area (Å²) in [6.45, 7) is 0. The van der Waals surface area contributed by atoms with E-state index in [1.807, 2.05) is 0 Å². The van der Waals surface area contributed by atoms with Crippen molar-refractivity contribution < 1.29 is 23.4 Å². The average Bonchev–Trinajstić information content (AvgIpc) is 2.80. The first-order chi connectivity index (χ1) is 15.4. The molecule has 1 heterocycles. The second-order valence-electron chi connectivity index (χ2n) is 6.67. The summed E-state index contributed by atoms with van der Waals surface area (Å²) in [5.74, 6) is -0.256. The molecule has 1 aromatic heterocycles. The Hall–Kier alpha value is -3.48. The van der Waals surface area contributed by atoms with Gasteiger partial charge >= 0.3 is 5.97 Å². The van der Waals surface area contributed by atoms with Gasteiger partial charge in [0.25, 0.3) is 0 Å². The Bertz CT molecular complexity index is 1390. The smallest absolute Gasteiger partial charge is 0.343 e. The molecule has 0 aliphatic heterocycles. The van der Waals surface area contributed by atoms with Crippen LogP contribution in [0.5, 0.6) is 17.2 Å². The van der Waals surface area contributed by atoms with Crippen LogP contribution in [0.15, 0.2) is 69.9 Å². The van der Waals surface area contributed by atoms with Gasteiger partial charge in [0.2, 0.25) is 11.2 Å². The number of ether oxygens (including phenoxy) is 3. The molecule has 6 nitrogen and oxygen atoms in total. The first-order valence-electron chi connectivity index (χ1n) is 9.38. The van der Waals surface area contributed by atoms with Crippen molar-refractivity contribution >= 4 is 40.1 Å². The third-order valence-corrected chi connectivity index (χ3v) is 5.29. The van der Waals surface area contributed by atoms with Crippen LogP contribution in [0.2, 0.25) is 10.0 Å². The van der Waals surface area contributed by atoms with Gasteiger partial charge in [-0.2, -0.15) is 0 Å². The molecule has 162 valence electrons. The van der Waals surface area contributed by atoms with Gasteiger partial charge in [-0.1, -0.05) is 35.3 Å². The summed E-state index contributed by atoms with van der Waals surface area (Å²) < 4.78 is 21.9. The lowest BCUT2D eigenvalue weighted by Gasteiger charge is -2.13. The molecule has 4 aromatic rings. The number of benzene rings is 3. The highest BCUT2D eigenvalue weighted by atomic mass is 35.5. The summed E-state index contributed by atoms with van der Waals surface area (Å²) in [5, 5.41) is 0.904. The van der Waals surface area contributed by atoms with E-state index in [0.29, 0.717) is 27.7 Å². The molecule has 0 fully saturated rings. The molecule has 0 spiro atoms. The lowest BCUT2D eigenvalue weighted by Crippen LogP contribution is -2.16. The summed E-state index contributed by atoms with van der Waals surface area (Å²) in [4.78, 5) is 26.2. The van der Waals surface area contributed by atoms with Crippen molar-refractivity contribution in [3.63, 3.8) is 0 Å². The van der Waals surface area contributed by atoms with E-state index < -0.39 is 11.4 Å². The molecule has 3 aromatic carbocycles. The maximum Gasteiger partial charge on any atom is 0.343 e. The number of hydrogen-bond donors (Lipinski definition) is 0. The minimum atomic E-state index is -0.778. The minimum Gasteiger partial charge on any atom is -0.493 e. The molecule has 0 unspecified atom stereocenters. The maximum atomic E-state index is 13.2. The number of hydrogen-bond acceptors (Lipinski definition) is 6. The van der Waals surface area contributed by atoms with Crippen molar-refractivity contribution in [1.82, 2.24) is 0 Å². The van der Waals surface area contributed by atoms with Crippen molar-refractivity contribution in [3.8, 4) is 28.6 Å². The number of para-hydroxylation sites is 1. The van der Waals surface area contributed by atoms with Gasteiger partial charge < -0.3 is 18.6 Å². The topological polar surface area (TPSA) is 75.0 Å². The number of carbonyl (C=O) groups excluding carboxylic acids is 1. The van der Waals surface area contributed by atoms with E-state index >= 15 is 0 Å². The van der Waals surface area contributed by atoms with Gasteiger partial charge in [-0.05, 0) is 48.5 Å². The SMILES string of the molecule is COc1ccc(C(=O)Oc2c(-c3ccc(Cl)cc3Cl)oc3ccccc3c2=O)cc1OC. The number of methoxy groups -OCH3 is 2. The van der Waals surface area contributed by atoms with Crippen LogP contribution >= 0.6 is 23.2 Å². The lowest BCUT2D eigenvalue weighted by molar-refractivity contribution is 0.0731. The monoisotopic (exact) mass is 470 g/mol. The van der Waals surface area contributed by atoms with E-state index in [4.69, 9.17) is 41.8 Å². The summed E-state index contributed by atoms with van der Waals surface area (Å²) in [6, 6.07) is 15.9. The first kappa shape index (κ1) is 21.7. The molecule has 0 bridgehead atoms. The Balaban J connectivity index is 1.87. The van der Waals surface area contributed by atoms with Crippen molar-refractivity contribution in [2.24, 2.45) is 0 Å². The third-order valence-electron chi connectivity index (χ3n) is 4.75. The van der Waals surface area contributed by atoms with Crippen molar-refractivity contribution in [2.75, 3.05) is 14.2 Å². The van der Waals surface area contributed by atoms with E-state index in [1.165, 1.54) is 32.4 Å². The highest BCUT2D eigenvalue weighted by Crippen LogP contribution is 2.37. The fourth-order valence-electron chi connectivity index (χ4n) is 3.18. The molecule has 8 heteroatoms. The molecule has 0 N–H and O–H groups in total. The molecular weight excluding hydrogens is 455 g/mol. The molecule has 0 saturated carbocycles. The van der Waals surface area contributed by atoms with Crippen molar-refractivity contribution in [3.05, 3.63) is 86.5 Å². The van der Waals surface area contributed by atoms with E-state index in [9.17, 15) is 9.59 Å². The summed E-state index contributed by atoms with van der Waals surface area (Å²) in [5.41, 5.74) is 0.323. The molecule has 0 amide bonds. The number of esters is 1. The van der Waals surface area contributed by atoms with Gasteiger partial charge in [0.1, 0.15) is 5.58 Å². The van der Waals surface area contributed by atoms with E-state index in [1.54, 1.807) is 42.5 Å². The second kappa shape index (κ2) is 8.94. The van der Waals surface area contributed by atoms with Gasteiger partial charge in [0, 0.05) is 10.6 Å². The summed E-state index contributed by atoms with van der Waals surface area (Å²) in [6.07, 6.45) is 0. The highest BCUT2D eigenvalue weighted by Gasteiger charge is 2.23. The molecule has 0 saturated heterocycles. The standard InChI is InChI=1S/C24H16Cl2O6/c1-29-19-10-7-13(11-20(19)30-2)24(28)32-23-21(27)16-5-3-4-6-18(16)31-22(23)15-9-8-14(25)12-17(15)26/h3-12H,1-2H3. The van der Waals surface area contributed by atoms with Crippen LogP contribution < -0.4 is 19.6 Å². The quantitative estimate of drug-likeness (QED) is 0.332. The van der Waals surface area contributed by atoms with Gasteiger partial charge in [0.15, 0.2) is 17.3 Å². The van der Waals surface area contributed by atoms with Crippen LogP contribution in [0.25, 0.3) is 22.3 Å². The molecule has 0 aliphatic rings. The normalized spacial score (nSPS) is 10.8. The molecule has 32 heavy (non-hydrogen) atoms. The molecular formula is C24H16Cl2O6. The zero-order valence-corrected chi connectivity index (χ0v) is 18.5. The number of halogens is 2. The van der Waals surface area contributed by atoms with Crippen LogP contribution in [0.3, 0.4) is 0 Å². The minimum absolute atomic E-state index is 0.0178. The van der Waals surface area contributed by atoms with E-state index in [0.717, 1.165) is 0 Å². The number of carbonyl (C=O) groups is 1. The van der Waals surface area contributed by atoms with Crippen molar-refractivity contribution in [2.45, 2.75) is 0 Å². The summed E-state index contributed by atoms with van der Waals surface area (Å²) >= 11 is 12.4. The van der Waals surface area contributed by atoms with Crippen LogP contribution in [0, 0.1) is 0 Å². The molecule has 4 rings (SSSR count). The maximum absolute atomic E-state index is 13.2. The van der Waals surface area contributed by atoms with Gasteiger partial charge in [-0.25, -0.2) is 4.79 Å². The number of fused-ring (bicyclic) bond motifs is 1. The first-order valence-corrected chi connectivity index (χ1v) is 10.1. The molecule has 0 aliphatic carbocycles. The third kappa shape index (κ3) is 4.02. The van der Waals surface area contributed by atoms with Crippen LogP contribution in [0.4, 0.5) is 0 Å². The fourth-order valence-corrected chi connectivity index (χ4v) is 3.68. The predicted octanol–water partition coefficient (Wildman–Crippen LogP) is 6.00. The largest absolute Gasteiger partial charge is 0.493 e. The lowest BCUT2D eigenvalue weighted by atomic mass is 10.1. The van der Waals surface area contributed by atoms with Crippen LogP contribution in [0.1, 0.15) is 10.4 Å². The fraction of sp³-hybridized carbons (Fsp3) is 0.0833. The average molecular weight is 471 g/mol. The Labute approximate surface area is 192 Å². The Morgan fingerprint density at radius 2 is 1.66 bits per heavy atom. The van der Waals surface area contributed by atoms with E-state index in [-0.39, 0.29) is 27.5 Å². The predicted molar refractivity (Wildman–Crippen MR) is 122 cm³/mol. The highest BCUT2D eigenvalue weighted by molar-refractivity contribution is 6.36. The molecule has 0 atom stereocenters. The molecule has 0 radical (unpaired) electrons. The summed E-state index contributed by atoms with van der Waals surface area (Å²) in [7, 11) is 2.93. The van der Waals surface area contributed by atoms with Crippen molar-refractivity contribution in [1.29, 1.82) is 0 Å². The zero-order chi connectivity index (χ0) is 22.8. The Morgan fingerprint density at radius 3 is 2.38 bits per heavy atom. The van der Waals surface area contributed by atoms with Gasteiger partial charge in [0.05, 0.1) is 30.2 Å². The Kier molecular flexibility index (Phi) is 6.08. The number of rotatable bonds is 5. The van der Waals surface area contributed by atoms with Crippen LogP contribution in [-0.4, -0.2) is 20.2 Å². The zero-order valence-electron chi connectivity index (χ0n) is 17.0.